The van der Waals surface area contributed by atoms with Crippen LogP contribution in [0.3, 0.4) is 0 Å². The number of nitrogens with zero attached hydrogens (tertiary/aromatic N) is 2. The molecule has 2 nitrogen and oxygen atoms in total. The third-order valence-electron chi connectivity index (χ3n) is 1.75. The minimum atomic E-state index is 0.477. The first-order chi connectivity index (χ1) is 5.83. The molecule has 0 amide bonds. The average Bonchev–Trinajstić information content (AvgIpc) is 2.53. The number of nitriles is 1. The van der Waals surface area contributed by atoms with E-state index in [9.17, 15) is 0 Å². The van der Waals surface area contributed by atoms with Gasteiger partial charge in [0.25, 0.3) is 0 Å². The minimum Gasteiger partial charge on any atom is -0.259 e. The summed E-state index contributed by atoms with van der Waals surface area (Å²) in [6, 6.07) is 2.02. The minimum absolute atomic E-state index is 0.477. The molecule has 2 heterocycles. The molecule has 2 rings (SSSR count). The summed E-state index contributed by atoms with van der Waals surface area (Å²) in [5, 5.41) is 9.24. The van der Waals surface area contributed by atoms with Crippen LogP contribution in [0.2, 0.25) is 5.02 Å². The van der Waals surface area contributed by atoms with Crippen molar-refractivity contribution in [2.75, 3.05) is 5.75 Å². The molecule has 1 aromatic rings. The van der Waals surface area contributed by atoms with Crippen LogP contribution in [0, 0.1) is 11.3 Å². The molecule has 0 N–H and O–H groups in total. The molecule has 60 valence electrons. The number of halogens is 1. The standard InChI is InChI=1S/C8H5ClN2S/c9-7-5(3-10)4-11-6-1-2-12-8(6)7/h4H,1-2H2. The van der Waals surface area contributed by atoms with E-state index in [1.54, 1.807) is 18.0 Å². The second kappa shape index (κ2) is 2.96. The van der Waals surface area contributed by atoms with Gasteiger partial charge in [-0.15, -0.1) is 11.8 Å². The number of hydrogen-bond acceptors (Lipinski definition) is 3. The first-order valence-corrected chi connectivity index (χ1v) is 4.89. The fourth-order valence-electron chi connectivity index (χ4n) is 1.16. The van der Waals surface area contributed by atoms with Gasteiger partial charge in [0.15, 0.2) is 0 Å². The first-order valence-electron chi connectivity index (χ1n) is 3.53. The Kier molecular flexibility index (Phi) is 1.95. The lowest BCUT2D eigenvalue weighted by molar-refractivity contribution is 1.02. The highest BCUT2D eigenvalue weighted by molar-refractivity contribution is 7.99. The van der Waals surface area contributed by atoms with Crippen molar-refractivity contribution in [2.45, 2.75) is 11.3 Å². The Morgan fingerprint density at radius 1 is 1.67 bits per heavy atom. The van der Waals surface area contributed by atoms with Gasteiger partial charge in [-0.25, -0.2) is 0 Å². The monoisotopic (exact) mass is 196 g/mol. The van der Waals surface area contributed by atoms with E-state index in [2.05, 4.69) is 4.98 Å². The molecule has 0 saturated heterocycles. The normalized spacial score (nSPS) is 14.0. The molecule has 0 fully saturated rings. The topological polar surface area (TPSA) is 36.7 Å². The van der Waals surface area contributed by atoms with Gasteiger partial charge in [-0.05, 0) is 0 Å². The summed E-state index contributed by atoms with van der Waals surface area (Å²) in [5.74, 6) is 1.02. The molecular formula is C8H5ClN2S. The zero-order valence-corrected chi connectivity index (χ0v) is 7.74. The summed E-state index contributed by atoms with van der Waals surface area (Å²) in [5.41, 5.74) is 1.51. The van der Waals surface area contributed by atoms with Crippen molar-refractivity contribution in [3.63, 3.8) is 0 Å². The van der Waals surface area contributed by atoms with Crippen LogP contribution in [-0.2, 0) is 6.42 Å². The average molecular weight is 197 g/mol. The second-order valence-electron chi connectivity index (χ2n) is 2.47. The van der Waals surface area contributed by atoms with Crippen molar-refractivity contribution in [1.29, 1.82) is 5.26 Å². The summed E-state index contributed by atoms with van der Waals surface area (Å²) in [7, 11) is 0. The number of hydrogen-bond donors (Lipinski definition) is 0. The molecule has 0 aromatic carbocycles. The molecule has 1 aromatic heterocycles. The van der Waals surface area contributed by atoms with Crippen LogP contribution in [0.4, 0.5) is 0 Å². The third-order valence-corrected chi connectivity index (χ3v) is 3.39. The van der Waals surface area contributed by atoms with Gasteiger partial charge in [-0.2, -0.15) is 5.26 Å². The van der Waals surface area contributed by atoms with Gasteiger partial charge in [0, 0.05) is 23.3 Å². The van der Waals surface area contributed by atoms with Crippen LogP contribution in [0.1, 0.15) is 11.3 Å². The van der Waals surface area contributed by atoms with Gasteiger partial charge in [0.05, 0.1) is 16.3 Å². The van der Waals surface area contributed by atoms with Gasteiger partial charge in [-0.3, -0.25) is 4.98 Å². The smallest absolute Gasteiger partial charge is 0.102 e. The predicted octanol–water partition coefficient (Wildman–Crippen LogP) is 2.25. The van der Waals surface area contributed by atoms with Gasteiger partial charge >= 0.3 is 0 Å². The van der Waals surface area contributed by atoms with E-state index in [0.29, 0.717) is 10.6 Å². The highest BCUT2D eigenvalue weighted by Gasteiger charge is 2.18. The molecule has 0 aliphatic carbocycles. The Morgan fingerprint density at radius 3 is 3.25 bits per heavy atom. The van der Waals surface area contributed by atoms with Crippen LogP contribution >= 0.6 is 23.4 Å². The maximum Gasteiger partial charge on any atom is 0.102 e. The van der Waals surface area contributed by atoms with E-state index in [1.807, 2.05) is 6.07 Å². The Labute approximate surface area is 79.6 Å². The number of thioether (sulfide) groups is 1. The van der Waals surface area contributed by atoms with Gasteiger partial charge in [0.1, 0.15) is 6.07 Å². The highest BCUT2D eigenvalue weighted by Crippen LogP contribution is 2.37. The Bertz CT molecular complexity index is 370. The van der Waals surface area contributed by atoms with E-state index in [-0.39, 0.29) is 0 Å². The molecule has 4 heteroatoms. The Balaban J connectivity index is 2.63. The quantitative estimate of drug-likeness (QED) is 0.639. The molecular weight excluding hydrogens is 192 g/mol. The molecule has 1 aliphatic heterocycles. The first kappa shape index (κ1) is 7.90. The van der Waals surface area contributed by atoms with Crippen molar-refractivity contribution in [3.8, 4) is 6.07 Å². The number of fused-ring (bicyclic) bond motifs is 1. The lowest BCUT2D eigenvalue weighted by Gasteiger charge is -2.00. The SMILES string of the molecule is N#Cc1cnc2c(c1Cl)SCC2. The zero-order chi connectivity index (χ0) is 8.55. The molecule has 0 spiro atoms. The van der Waals surface area contributed by atoms with Crippen molar-refractivity contribution < 1.29 is 0 Å². The van der Waals surface area contributed by atoms with Crippen LogP contribution in [0.25, 0.3) is 0 Å². The number of aryl methyl sites for hydroxylation is 1. The van der Waals surface area contributed by atoms with E-state index >= 15 is 0 Å². The number of aromatic nitrogens is 1. The summed E-state index contributed by atoms with van der Waals surface area (Å²) < 4.78 is 0. The highest BCUT2D eigenvalue weighted by atomic mass is 35.5. The van der Waals surface area contributed by atoms with Crippen molar-refractivity contribution >= 4 is 23.4 Å². The molecule has 0 unspecified atom stereocenters. The number of rotatable bonds is 0. The van der Waals surface area contributed by atoms with E-state index in [0.717, 1.165) is 22.8 Å². The van der Waals surface area contributed by atoms with Gasteiger partial charge in [-0.1, -0.05) is 11.6 Å². The lowest BCUT2D eigenvalue weighted by atomic mass is 10.2. The summed E-state index contributed by atoms with van der Waals surface area (Å²) in [6.07, 6.45) is 2.51. The zero-order valence-electron chi connectivity index (χ0n) is 6.17. The fourth-order valence-corrected chi connectivity index (χ4v) is 2.58. The van der Waals surface area contributed by atoms with Crippen LogP contribution in [0.15, 0.2) is 11.1 Å². The molecule has 0 atom stereocenters. The van der Waals surface area contributed by atoms with E-state index in [1.165, 1.54) is 0 Å². The van der Waals surface area contributed by atoms with Crippen LogP contribution in [0.5, 0.6) is 0 Å². The summed E-state index contributed by atoms with van der Waals surface area (Å²) in [4.78, 5) is 5.16. The van der Waals surface area contributed by atoms with Crippen LogP contribution in [-0.4, -0.2) is 10.7 Å². The van der Waals surface area contributed by atoms with E-state index < -0.39 is 0 Å². The lowest BCUT2D eigenvalue weighted by Crippen LogP contribution is -1.89. The van der Waals surface area contributed by atoms with E-state index in [4.69, 9.17) is 16.9 Å². The molecule has 1 aliphatic rings. The third kappa shape index (κ3) is 1.08. The maximum atomic E-state index is 8.67. The maximum absolute atomic E-state index is 8.67. The van der Waals surface area contributed by atoms with Crippen molar-refractivity contribution in [1.82, 2.24) is 4.98 Å². The molecule has 12 heavy (non-hydrogen) atoms. The summed E-state index contributed by atoms with van der Waals surface area (Å²) >= 11 is 7.65. The molecule has 0 saturated carbocycles. The molecule has 0 bridgehead atoms. The largest absolute Gasteiger partial charge is 0.259 e. The fraction of sp³-hybridized carbons (Fsp3) is 0.250. The van der Waals surface area contributed by atoms with Gasteiger partial charge in [0.2, 0.25) is 0 Å². The molecule has 0 radical (unpaired) electrons. The second-order valence-corrected chi connectivity index (χ2v) is 3.96. The van der Waals surface area contributed by atoms with Crippen LogP contribution < -0.4 is 0 Å². The van der Waals surface area contributed by atoms with Gasteiger partial charge < -0.3 is 0 Å². The number of pyridine rings is 1. The van der Waals surface area contributed by atoms with Crippen molar-refractivity contribution in [3.05, 3.63) is 22.5 Å². The van der Waals surface area contributed by atoms with Crippen molar-refractivity contribution in [2.24, 2.45) is 0 Å². The Morgan fingerprint density at radius 2 is 2.50 bits per heavy atom. The summed E-state index contributed by atoms with van der Waals surface area (Å²) in [6.45, 7) is 0. The predicted molar refractivity (Wildman–Crippen MR) is 48.4 cm³/mol. The Hall–Kier alpha value is -0.720.